The van der Waals surface area contributed by atoms with Gasteiger partial charge in [0.2, 0.25) is 0 Å². The van der Waals surface area contributed by atoms with Crippen molar-refractivity contribution in [2.24, 2.45) is 0 Å². The quantitative estimate of drug-likeness (QED) is 0.497. The molecule has 0 unspecified atom stereocenters. The Bertz CT molecular complexity index is 996. The lowest BCUT2D eigenvalue weighted by Crippen LogP contribution is -2.00. The molecule has 0 spiro atoms. The summed E-state index contributed by atoms with van der Waals surface area (Å²) in [5, 5.41) is 0. The van der Waals surface area contributed by atoms with Gasteiger partial charge >= 0.3 is 0 Å². The van der Waals surface area contributed by atoms with Gasteiger partial charge in [-0.05, 0) is 30.2 Å². The maximum Gasteiger partial charge on any atom is 0.194 e. The third-order valence-electron chi connectivity index (χ3n) is 3.84. The van der Waals surface area contributed by atoms with E-state index >= 15 is 0 Å². The highest BCUT2D eigenvalue weighted by Crippen LogP contribution is 2.35. The number of fused-ring (bicyclic) bond motifs is 2. The van der Waals surface area contributed by atoms with Crippen molar-refractivity contribution in [1.29, 1.82) is 0 Å². The molecule has 3 aromatic rings. The average molecular weight is 316 g/mol. The zero-order valence-corrected chi connectivity index (χ0v) is 11.6. The van der Waals surface area contributed by atoms with E-state index in [9.17, 15) is 17.6 Å². The van der Waals surface area contributed by atoms with Crippen LogP contribution in [0.25, 0.3) is 16.6 Å². The van der Waals surface area contributed by atoms with Gasteiger partial charge in [0.05, 0.1) is 22.9 Å². The van der Waals surface area contributed by atoms with Crippen LogP contribution >= 0.6 is 0 Å². The van der Waals surface area contributed by atoms with Crippen molar-refractivity contribution in [3.05, 3.63) is 76.6 Å². The topological polar surface area (TPSA) is 25.8 Å². The smallest absolute Gasteiger partial charge is 0.194 e. The fourth-order valence-electron chi connectivity index (χ4n) is 2.74. The number of rotatable bonds is 1. The van der Waals surface area contributed by atoms with E-state index in [1.165, 1.54) is 24.4 Å². The molecule has 1 aliphatic carbocycles. The predicted octanol–water partition coefficient (Wildman–Crippen LogP) is 4.17. The molecule has 1 aliphatic rings. The summed E-state index contributed by atoms with van der Waals surface area (Å²) >= 11 is 0. The molecule has 23 heavy (non-hydrogen) atoms. The molecule has 0 fully saturated rings. The molecule has 0 saturated heterocycles. The zero-order chi connectivity index (χ0) is 16.1. The van der Waals surface area contributed by atoms with Crippen molar-refractivity contribution in [2.45, 2.75) is 6.42 Å². The highest BCUT2D eigenvalue weighted by Gasteiger charge is 2.25. The Morgan fingerprint density at radius 2 is 1.74 bits per heavy atom. The molecule has 2 nitrogen and oxygen atoms in total. The Hall–Kier alpha value is -2.76. The number of benzene rings is 2. The fraction of sp³-hybridized carbons (Fsp3) is 0.0588. The van der Waals surface area contributed by atoms with Gasteiger partial charge in [0, 0.05) is 17.2 Å². The molecule has 1 heterocycles. The molecule has 0 saturated carbocycles. The summed E-state index contributed by atoms with van der Waals surface area (Å²) in [7, 11) is 0. The molecule has 0 radical (unpaired) electrons. The molecule has 2 aromatic carbocycles. The first-order valence-corrected chi connectivity index (χ1v) is 6.84. The summed E-state index contributed by atoms with van der Waals surface area (Å²) in [6.45, 7) is 0. The molecule has 0 atom stereocenters. The Morgan fingerprint density at radius 3 is 2.57 bits per heavy atom. The Labute approximate surface area is 128 Å². The van der Waals surface area contributed by atoms with Crippen molar-refractivity contribution in [3.8, 4) is 0 Å². The van der Waals surface area contributed by atoms with E-state index < -0.39 is 23.3 Å². The van der Waals surface area contributed by atoms with Crippen LogP contribution in [-0.4, -0.2) is 9.97 Å². The summed E-state index contributed by atoms with van der Waals surface area (Å²) in [6.07, 6.45) is 3.21. The predicted molar refractivity (Wildman–Crippen MR) is 76.6 cm³/mol. The lowest BCUT2D eigenvalue weighted by atomic mass is 10.0. The van der Waals surface area contributed by atoms with E-state index in [0.717, 1.165) is 6.07 Å². The summed E-state index contributed by atoms with van der Waals surface area (Å²) in [5.74, 6) is -4.38. The van der Waals surface area contributed by atoms with Crippen LogP contribution in [0.2, 0.25) is 0 Å². The first-order chi connectivity index (χ1) is 11.0. The first-order valence-electron chi connectivity index (χ1n) is 6.84. The third-order valence-corrected chi connectivity index (χ3v) is 3.84. The number of hydrogen-bond donors (Lipinski definition) is 0. The molecule has 1 aromatic heterocycles. The van der Waals surface area contributed by atoms with Crippen LogP contribution in [0, 0.1) is 23.3 Å². The molecule has 0 bridgehead atoms. The lowest BCUT2D eigenvalue weighted by Gasteiger charge is -2.08. The van der Waals surface area contributed by atoms with Crippen molar-refractivity contribution < 1.29 is 17.6 Å². The van der Waals surface area contributed by atoms with Crippen LogP contribution in [0.1, 0.15) is 16.8 Å². The van der Waals surface area contributed by atoms with E-state index in [0.29, 0.717) is 22.3 Å². The van der Waals surface area contributed by atoms with Crippen molar-refractivity contribution in [3.63, 3.8) is 0 Å². The van der Waals surface area contributed by atoms with Crippen LogP contribution in [0.3, 0.4) is 0 Å². The summed E-state index contributed by atoms with van der Waals surface area (Å²) in [5.41, 5.74) is 1.97. The van der Waals surface area contributed by atoms with Crippen LogP contribution in [-0.2, 0) is 6.42 Å². The van der Waals surface area contributed by atoms with Gasteiger partial charge in [-0.25, -0.2) is 22.5 Å². The Balaban J connectivity index is 1.88. The molecule has 0 amide bonds. The largest absolute Gasteiger partial charge is 0.252 e. The number of aromatic nitrogens is 2. The highest BCUT2D eigenvalue weighted by molar-refractivity contribution is 5.85. The van der Waals surface area contributed by atoms with E-state index in [-0.39, 0.29) is 17.5 Å². The fourth-order valence-corrected chi connectivity index (χ4v) is 2.74. The molecule has 114 valence electrons. The molecule has 0 N–H and O–H groups in total. The molecular formula is C17H8F4N2. The van der Waals surface area contributed by atoms with Gasteiger partial charge in [-0.15, -0.1) is 0 Å². The summed E-state index contributed by atoms with van der Waals surface area (Å²) in [6, 6.07) is 4.94. The molecule has 6 heteroatoms. The van der Waals surface area contributed by atoms with E-state index in [1.54, 1.807) is 6.08 Å². The van der Waals surface area contributed by atoms with Crippen LogP contribution < -0.4 is 0 Å². The van der Waals surface area contributed by atoms with Crippen LogP contribution in [0.15, 0.2) is 36.5 Å². The molecule has 0 aliphatic heterocycles. The average Bonchev–Trinajstić information content (AvgIpc) is 2.95. The summed E-state index contributed by atoms with van der Waals surface area (Å²) in [4.78, 5) is 8.46. The Kier molecular flexibility index (Phi) is 2.94. The van der Waals surface area contributed by atoms with Gasteiger partial charge in [0.1, 0.15) is 5.82 Å². The standard InChI is InChI=1S/C17H8F4N2/c18-8-1-4-13-14(5-8)23-15(7-22-13)9-2-3-10-11(9)6-12(19)17(21)16(10)20/h1-2,4-7H,3H2. The van der Waals surface area contributed by atoms with Crippen molar-refractivity contribution in [1.82, 2.24) is 9.97 Å². The SMILES string of the molecule is Fc1ccc2ncc(C3=CCc4c3cc(F)c(F)c4F)nc2c1. The number of allylic oxidation sites excluding steroid dienone is 1. The van der Waals surface area contributed by atoms with Gasteiger partial charge in [-0.2, -0.15) is 0 Å². The number of halogens is 4. The zero-order valence-electron chi connectivity index (χ0n) is 11.6. The minimum absolute atomic E-state index is 0.0834. The maximum absolute atomic E-state index is 13.8. The van der Waals surface area contributed by atoms with Gasteiger partial charge < -0.3 is 0 Å². The Morgan fingerprint density at radius 1 is 0.913 bits per heavy atom. The monoisotopic (exact) mass is 316 g/mol. The number of nitrogens with zero attached hydrogens (tertiary/aromatic N) is 2. The normalized spacial score (nSPS) is 13.3. The van der Waals surface area contributed by atoms with E-state index in [1.807, 2.05) is 0 Å². The third kappa shape index (κ3) is 2.10. The second kappa shape index (κ2) is 4.87. The van der Waals surface area contributed by atoms with E-state index in [4.69, 9.17) is 0 Å². The maximum atomic E-state index is 13.8. The molecular weight excluding hydrogens is 308 g/mol. The van der Waals surface area contributed by atoms with Crippen molar-refractivity contribution in [2.75, 3.05) is 0 Å². The number of hydrogen-bond acceptors (Lipinski definition) is 2. The minimum atomic E-state index is -1.48. The lowest BCUT2D eigenvalue weighted by molar-refractivity contribution is 0.442. The minimum Gasteiger partial charge on any atom is -0.252 e. The second-order valence-electron chi connectivity index (χ2n) is 5.22. The van der Waals surface area contributed by atoms with Crippen LogP contribution in [0.5, 0.6) is 0 Å². The first kappa shape index (κ1) is 13.9. The van der Waals surface area contributed by atoms with Gasteiger partial charge in [0.25, 0.3) is 0 Å². The van der Waals surface area contributed by atoms with E-state index in [2.05, 4.69) is 9.97 Å². The van der Waals surface area contributed by atoms with Gasteiger partial charge in [-0.3, -0.25) is 4.98 Å². The highest BCUT2D eigenvalue weighted by atomic mass is 19.2. The summed E-state index contributed by atoms with van der Waals surface area (Å²) < 4.78 is 54.0. The van der Waals surface area contributed by atoms with Gasteiger partial charge in [-0.1, -0.05) is 6.08 Å². The molecule has 4 rings (SSSR count). The van der Waals surface area contributed by atoms with Crippen LogP contribution in [0.4, 0.5) is 17.6 Å². The van der Waals surface area contributed by atoms with Gasteiger partial charge in [0.15, 0.2) is 17.5 Å². The second-order valence-corrected chi connectivity index (χ2v) is 5.22. The van der Waals surface area contributed by atoms with Crippen molar-refractivity contribution >= 4 is 16.6 Å².